The van der Waals surface area contributed by atoms with Crippen LogP contribution in [0.3, 0.4) is 0 Å². The van der Waals surface area contributed by atoms with Crippen molar-refractivity contribution in [2.24, 2.45) is 0 Å². The summed E-state index contributed by atoms with van der Waals surface area (Å²) in [5.41, 5.74) is 0. The molecule has 0 aromatic carbocycles. The molecule has 0 unspecified atom stereocenters. The SMILES string of the molecule is CCCCC(=O)N1CCCC[C@@H]1CCN1CCOCC1. The maximum absolute atomic E-state index is 12.3. The zero-order valence-corrected chi connectivity index (χ0v) is 13.0. The van der Waals surface area contributed by atoms with E-state index in [-0.39, 0.29) is 0 Å². The highest BCUT2D eigenvalue weighted by molar-refractivity contribution is 5.76. The monoisotopic (exact) mass is 282 g/mol. The molecule has 20 heavy (non-hydrogen) atoms. The second-order valence-electron chi connectivity index (χ2n) is 6.08. The molecule has 2 aliphatic rings. The van der Waals surface area contributed by atoms with E-state index in [9.17, 15) is 4.79 Å². The van der Waals surface area contributed by atoms with E-state index in [2.05, 4.69) is 16.7 Å². The summed E-state index contributed by atoms with van der Waals surface area (Å²) in [5.74, 6) is 0.388. The molecule has 0 aromatic heterocycles. The smallest absolute Gasteiger partial charge is 0.222 e. The number of amides is 1. The van der Waals surface area contributed by atoms with Crippen LogP contribution in [0, 0.1) is 0 Å². The molecule has 0 bridgehead atoms. The summed E-state index contributed by atoms with van der Waals surface area (Å²) in [6.07, 6.45) is 7.69. The lowest BCUT2D eigenvalue weighted by Gasteiger charge is -2.37. The van der Waals surface area contributed by atoms with Crippen molar-refractivity contribution >= 4 is 5.91 Å². The summed E-state index contributed by atoms with van der Waals surface area (Å²) in [6.45, 7) is 8.09. The molecule has 2 aliphatic heterocycles. The van der Waals surface area contributed by atoms with E-state index in [4.69, 9.17) is 4.74 Å². The molecule has 4 heteroatoms. The Kier molecular flexibility index (Phi) is 6.80. The Morgan fingerprint density at radius 3 is 2.75 bits per heavy atom. The van der Waals surface area contributed by atoms with Crippen molar-refractivity contribution in [2.75, 3.05) is 39.4 Å². The minimum absolute atomic E-state index is 0.388. The number of hydrogen-bond acceptors (Lipinski definition) is 3. The summed E-state index contributed by atoms with van der Waals surface area (Å²) >= 11 is 0. The average molecular weight is 282 g/mol. The van der Waals surface area contributed by atoms with Crippen LogP contribution in [0.15, 0.2) is 0 Å². The quantitative estimate of drug-likeness (QED) is 0.749. The largest absolute Gasteiger partial charge is 0.379 e. The van der Waals surface area contributed by atoms with Gasteiger partial charge in [0.05, 0.1) is 13.2 Å². The van der Waals surface area contributed by atoms with Gasteiger partial charge in [-0.15, -0.1) is 0 Å². The van der Waals surface area contributed by atoms with E-state index in [1.54, 1.807) is 0 Å². The molecule has 2 rings (SSSR count). The lowest BCUT2D eigenvalue weighted by atomic mass is 9.98. The van der Waals surface area contributed by atoms with Crippen molar-refractivity contribution in [3.05, 3.63) is 0 Å². The van der Waals surface area contributed by atoms with Gasteiger partial charge in [0.25, 0.3) is 0 Å². The molecule has 0 aliphatic carbocycles. The zero-order chi connectivity index (χ0) is 14.2. The molecule has 4 nitrogen and oxygen atoms in total. The van der Waals surface area contributed by atoms with Crippen LogP contribution in [0.4, 0.5) is 0 Å². The lowest BCUT2D eigenvalue weighted by molar-refractivity contribution is -0.135. The molecule has 2 fully saturated rings. The second kappa shape index (κ2) is 8.63. The molecule has 1 amide bonds. The molecule has 0 aromatic rings. The number of rotatable bonds is 6. The minimum atomic E-state index is 0.388. The minimum Gasteiger partial charge on any atom is -0.379 e. The van der Waals surface area contributed by atoms with E-state index >= 15 is 0 Å². The molecule has 0 N–H and O–H groups in total. The van der Waals surface area contributed by atoms with Gasteiger partial charge in [0, 0.05) is 38.6 Å². The number of likely N-dealkylation sites (tertiary alicyclic amines) is 1. The van der Waals surface area contributed by atoms with Crippen molar-refractivity contribution < 1.29 is 9.53 Å². The van der Waals surface area contributed by atoms with E-state index in [0.29, 0.717) is 11.9 Å². The number of hydrogen-bond donors (Lipinski definition) is 0. The first-order valence-electron chi connectivity index (χ1n) is 8.41. The maximum atomic E-state index is 12.3. The predicted octanol–water partition coefficient (Wildman–Crippen LogP) is 2.28. The number of carbonyl (C=O) groups is 1. The third kappa shape index (κ3) is 4.74. The van der Waals surface area contributed by atoms with Crippen LogP contribution in [0.2, 0.25) is 0 Å². The average Bonchev–Trinajstić information content (AvgIpc) is 2.52. The van der Waals surface area contributed by atoms with Crippen molar-refractivity contribution in [3.63, 3.8) is 0 Å². The van der Waals surface area contributed by atoms with Crippen LogP contribution in [-0.4, -0.2) is 61.1 Å². The van der Waals surface area contributed by atoms with Gasteiger partial charge in [0.1, 0.15) is 0 Å². The van der Waals surface area contributed by atoms with Gasteiger partial charge >= 0.3 is 0 Å². The number of ether oxygens (including phenoxy) is 1. The molecular formula is C16H30N2O2. The second-order valence-corrected chi connectivity index (χ2v) is 6.08. The zero-order valence-electron chi connectivity index (χ0n) is 13.0. The first-order chi connectivity index (χ1) is 9.81. The van der Waals surface area contributed by atoms with Gasteiger partial charge in [-0.2, -0.15) is 0 Å². The van der Waals surface area contributed by atoms with Gasteiger partial charge in [0.2, 0.25) is 5.91 Å². The van der Waals surface area contributed by atoms with Gasteiger partial charge < -0.3 is 9.64 Å². The molecule has 0 saturated carbocycles. The van der Waals surface area contributed by atoms with Gasteiger partial charge in [-0.05, 0) is 32.1 Å². The molecular weight excluding hydrogens is 252 g/mol. The predicted molar refractivity (Wildman–Crippen MR) is 80.8 cm³/mol. The third-order valence-corrected chi connectivity index (χ3v) is 4.57. The topological polar surface area (TPSA) is 32.8 Å². The standard InChI is InChI=1S/C16H30N2O2/c1-2-3-7-16(19)18-9-5-4-6-15(18)8-10-17-11-13-20-14-12-17/h15H,2-14H2,1H3/t15-/m1/s1. The number of unbranched alkanes of at least 4 members (excludes halogenated alkanes) is 1. The summed E-state index contributed by atoms with van der Waals surface area (Å²) in [5, 5.41) is 0. The van der Waals surface area contributed by atoms with Crippen LogP contribution in [0.5, 0.6) is 0 Å². The van der Waals surface area contributed by atoms with Gasteiger partial charge in [-0.25, -0.2) is 0 Å². The van der Waals surface area contributed by atoms with E-state index in [1.807, 2.05) is 0 Å². The number of carbonyl (C=O) groups excluding carboxylic acids is 1. The Morgan fingerprint density at radius 1 is 1.20 bits per heavy atom. The summed E-state index contributed by atoms with van der Waals surface area (Å²) < 4.78 is 5.39. The summed E-state index contributed by atoms with van der Waals surface area (Å²) in [7, 11) is 0. The first-order valence-corrected chi connectivity index (χ1v) is 8.41. The van der Waals surface area contributed by atoms with Gasteiger partial charge in [-0.1, -0.05) is 13.3 Å². The fraction of sp³-hybridized carbons (Fsp3) is 0.938. The van der Waals surface area contributed by atoms with Crippen molar-refractivity contribution in [3.8, 4) is 0 Å². The van der Waals surface area contributed by atoms with E-state index in [0.717, 1.165) is 65.1 Å². The van der Waals surface area contributed by atoms with Crippen molar-refractivity contribution in [1.82, 2.24) is 9.80 Å². The Balaban J connectivity index is 1.78. The summed E-state index contributed by atoms with van der Waals surface area (Å²) in [6, 6.07) is 0.482. The number of piperidine rings is 1. The van der Waals surface area contributed by atoms with E-state index in [1.165, 1.54) is 19.3 Å². The number of nitrogens with zero attached hydrogens (tertiary/aromatic N) is 2. The van der Waals surface area contributed by atoms with Crippen molar-refractivity contribution in [2.45, 2.75) is 57.9 Å². The van der Waals surface area contributed by atoms with Crippen LogP contribution < -0.4 is 0 Å². The van der Waals surface area contributed by atoms with Crippen LogP contribution in [0.25, 0.3) is 0 Å². The number of morpholine rings is 1. The molecule has 0 spiro atoms. The maximum Gasteiger partial charge on any atom is 0.222 e. The van der Waals surface area contributed by atoms with Crippen molar-refractivity contribution in [1.29, 1.82) is 0 Å². The summed E-state index contributed by atoms with van der Waals surface area (Å²) in [4.78, 5) is 17.0. The molecule has 116 valence electrons. The highest BCUT2D eigenvalue weighted by Gasteiger charge is 2.26. The third-order valence-electron chi connectivity index (χ3n) is 4.57. The van der Waals surface area contributed by atoms with Gasteiger partial charge in [-0.3, -0.25) is 9.69 Å². The Hall–Kier alpha value is -0.610. The molecule has 2 heterocycles. The lowest BCUT2D eigenvalue weighted by Crippen LogP contribution is -2.46. The Morgan fingerprint density at radius 2 is 2.00 bits per heavy atom. The molecule has 2 saturated heterocycles. The Bertz CT molecular complexity index is 290. The highest BCUT2D eigenvalue weighted by Crippen LogP contribution is 2.21. The van der Waals surface area contributed by atoms with Crippen LogP contribution in [-0.2, 0) is 9.53 Å². The molecule has 0 radical (unpaired) electrons. The first kappa shape index (κ1) is 15.8. The van der Waals surface area contributed by atoms with Gasteiger partial charge in [0.15, 0.2) is 0 Å². The molecule has 1 atom stereocenters. The fourth-order valence-electron chi connectivity index (χ4n) is 3.26. The van der Waals surface area contributed by atoms with Crippen LogP contribution >= 0.6 is 0 Å². The fourth-order valence-corrected chi connectivity index (χ4v) is 3.26. The Labute approximate surface area is 123 Å². The highest BCUT2D eigenvalue weighted by atomic mass is 16.5. The van der Waals surface area contributed by atoms with E-state index < -0.39 is 0 Å². The normalized spacial score (nSPS) is 24.9. The van der Waals surface area contributed by atoms with Crippen LogP contribution in [0.1, 0.15) is 51.9 Å².